The number of hydrogen-bond acceptors (Lipinski definition) is 2. The van der Waals surface area contributed by atoms with E-state index in [1.165, 1.54) is 6.92 Å². The summed E-state index contributed by atoms with van der Waals surface area (Å²) in [6.45, 7) is 1.42. The molecule has 2 unspecified atom stereocenters. The van der Waals surface area contributed by atoms with E-state index in [4.69, 9.17) is 21.8 Å². The van der Waals surface area contributed by atoms with E-state index >= 15 is 0 Å². The highest BCUT2D eigenvalue weighted by Gasteiger charge is 2.18. The van der Waals surface area contributed by atoms with Crippen LogP contribution in [0, 0.1) is 0 Å². The first-order valence-electron chi connectivity index (χ1n) is 2.10. The smallest absolute Gasteiger partial charge is 0.334 e. The zero-order chi connectivity index (χ0) is 6.73. The summed E-state index contributed by atoms with van der Waals surface area (Å²) in [4.78, 5) is 9.81. The van der Waals surface area contributed by atoms with Gasteiger partial charge in [-0.05, 0) is 6.92 Å². The van der Waals surface area contributed by atoms with Crippen LogP contribution < -0.4 is 0 Å². The lowest BCUT2D eigenvalue weighted by molar-refractivity contribution is -0.146. The molecular formula is C4H7ClO3. The number of aliphatic hydroxyl groups excluding tert-OH is 1. The molecule has 0 rings (SSSR count). The molecule has 2 N–H and O–H groups in total. The number of hydrogen-bond donors (Lipinski definition) is 2. The van der Waals surface area contributed by atoms with Crippen LogP contribution in [-0.4, -0.2) is 27.7 Å². The molecular weight excluding hydrogens is 131 g/mol. The molecule has 2 atom stereocenters. The van der Waals surface area contributed by atoms with Crippen LogP contribution in [0.15, 0.2) is 0 Å². The van der Waals surface area contributed by atoms with E-state index in [9.17, 15) is 4.79 Å². The number of carboxylic acid groups (broad SMARTS) is 1. The molecule has 0 heterocycles. The first-order chi connectivity index (χ1) is 3.55. The summed E-state index contributed by atoms with van der Waals surface area (Å²) in [5, 5.41) is 15.8. The van der Waals surface area contributed by atoms with Crippen LogP contribution >= 0.6 is 11.6 Å². The average Bonchev–Trinajstić information content (AvgIpc) is 1.64. The molecule has 48 valence electrons. The molecule has 4 heteroatoms. The minimum absolute atomic E-state index is 0.729. The van der Waals surface area contributed by atoms with Gasteiger partial charge in [0.25, 0.3) is 0 Å². The van der Waals surface area contributed by atoms with Gasteiger partial charge in [0.1, 0.15) is 0 Å². The van der Waals surface area contributed by atoms with Crippen LogP contribution in [-0.2, 0) is 4.79 Å². The number of carbonyl (C=O) groups is 1. The first kappa shape index (κ1) is 7.72. The molecule has 0 fully saturated rings. The van der Waals surface area contributed by atoms with Gasteiger partial charge >= 0.3 is 5.97 Å². The molecule has 0 aliphatic carbocycles. The lowest BCUT2D eigenvalue weighted by atomic mass is 10.3. The maximum Gasteiger partial charge on any atom is 0.334 e. The van der Waals surface area contributed by atoms with E-state index < -0.39 is 17.5 Å². The van der Waals surface area contributed by atoms with Crippen molar-refractivity contribution in [3.05, 3.63) is 0 Å². The van der Waals surface area contributed by atoms with Crippen LogP contribution in [0.2, 0.25) is 0 Å². The number of halogens is 1. The van der Waals surface area contributed by atoms with Gasteiger partial charge in [0, 0.05) is 0 Å². The SMILES string of the molecule is CC(Cl)C(O)C(=O)O. The summed E-state index contributed by atoms with van der Waals surface area (Å²) in [5.74, 6) is -1.28. The molecule has 0 aromatic carbocycles. The summed E-state index contributed by atoms with van der Waals surface area (Å²) in [6, 6.07) is 0. The van der Waals surface area contributed by atoms with E-state index in [1.807, 2.05) is 0 Å². The quantitative estimate of drug-likeness (QED) is 0.531. The predicted molar refractivity (Wildman–Crippen MR) is 29.0 cm³/mol. The zero-order valence-electron chi connectivity index (χ0n) is 4.34. The van der Waals surface area contributed by atoms with Gasteiger partial charge in [0.2, 0.25) is 0 Å². The van der Waals surface area contributed by atoms with Crippen LogP contribution in [0.4, 0.5) is 0 Å². The van der Waals surface area contributed by atoms with Crippen LogP contribution in [0.3, 0.4) is 0 Å². The molecule has 0 bridgehead atoms. The molecule has 8 heavy (non-hydrogen) atoms. The second-order valence-electron chi connectivity index (χ2n) is 1.46. The molecule has 0 saturated carbocycles. The minimum atomic E-state index is -1.45. The summed E-state index contributed by atoms with van der Waals surface area (Å²) in [6.07, 6.45) is -1.45. The largest absolute Gasteiger partial charge is 0.479 e. The zero-order valence-corrected chi connectivity index (χ0v) is 5.09. The molecule has 0 aromatic heterocycles. The van der Waals surface area contributed by atoms with Gasteiger partial charge in [0.05, 0.1) is 5.38 Å². The number of aliphatic carboxylic acids is 1. The maximum atomic E-state index is 9.81. The molecule has 3 nitrogen and oxygen atoms in total. The van der Waals surface area contributed by atoms with Gasteiger partial charge in [-0.3, -0.25) is 0 Å². The Morgan fingerprint density at radius 2 is 2.12 bits per heavy atom. The Kier molecular flexibility index (Phi) is 2.79. The third kappa shape index (κ3) is 2.14. The van der Waals surface area contributed by atoms with Gasteiger partial charge in [-0.1, -0.05) is 0 Å². The van der Waals surface area contributed by atoms with Crippen molar-refractivity contribution < 1.29 is 15.0 Å². The monoisotopic (exact) mass is 138 g/mol. The van der Waals surface area contributed by atoms with Crippen molar-refractivity contribution in [2.75, 3.05) is 0 Å². The van der Waals surface area contributed by atoms with Gasteiger partial charge in [-0.25, -0.2) is 4.79 Å². The van der Waals surface area contributed by atoms with Crippen molar-refractivity contribution in [1.29, 1.82) is 0 Å². The van der Waals surface area contributed by atoms with Crippen molar-refractivity contribution in [3.8, 4) is 0 Å². The van der Waals surface area contributed by atoms with Gasteiger partial charge in [-0.2, -0.15) is 0 Å². The summed E-state index contributed by atoms with van der Waals surface area (Å²) in [5.41, 5.74) is 0. The highest BCUT2D eigenvalue weighted by molar-refractivity contribution is 6.22. The third-order valence-corrected chi connectivity index (χ3v) is 0.927. The fourth-order valence-electron chi connectivity index (χ4n) is 0.196. The molecule has 0 amide bonds. The standard InChI is InChI=1S/C4H7ClO3/c1-2(5)3(6)4(7)8/h2-3,6H,1H3,(H,7,8). The summed E-state index contributed by atoms with van der Waals surface area (Å²) >= 11 is 5.19. The van der Waals surface area contributed by atoms with Crippen molar-refractivity contribution in [3.63, 3.8) is 0 Å². The Morgan fingerprint density at radius 1 is 1.75 bits per heavy atom. The molecule has 0 spiro atoms. The number of aliphatic hydroxyl groups is 1. The normalized spacial score (nSPS) is 17.4. The Hall–Kier alpha value is -0.280. The van der Waals surface area contributed by atoms with E-state index in [2.05, 4.69) is 0 Å². The van der Waals surface area contributed by atoms with Gasteiger partial charge in [-0.15, -0.1) is 11.6 Å². The molecule has 0 aliphatic heterocycles. The van der Waals surface area contributed by atoms with Crippen molar-refractivity contribution in [1.82, 2.24) is 0 Å². The fourth-order valence-corrected chi connectivity index (χ4v) is 0.304. The molecule has 0 aliphatic rings. The Bertz CT molecular complexity index is 91.3. The Labute approximate surface area is 51.9 Å². The van der Waals surface area contributed by atoms with E-state index in [0.29, 0.717) is 0 Å². The number of rotatable bonds is 2. The van der Waals surface area contributed by atoms with E-state index in [1.54, 1.807) is 0 Å². The predicted octanol–water partition coefficient (Wildman–Crippen LogP) is 0.0592. The number of carboxylic acids is 1. The topological polar surface area (TPSA) is 57.5 Å². The second-order valence-corrected chi connectivity index (χ2v) is 2.15. The van der Waals surface area contributed by atoms with Gasteiger partial charge < -0.3 is 10.2 Å². The van der Waals surface area contributed by atoms with Crippen LogP contribution in [0.25, 0.3) is 0 Å². The van der Waals surface area contributed by atoms with E-state index in [-0.39, 0.29) is 0 Å². The van der Waals surface area contributed by atoms with Crippen molar-refractivity contribution in [2.45, 2.75) is 18.4 Å². The highest BCUT2D eigenvalue weighted by atomic mass is 35.5. The van der Waals surface area contributed by atoms with Crippen molar-refractivity contribution >= 4 is 17.6 Å². The maximum absolute atomic E-state index is 9.81. The second kappa shape index (κ2) is 2.89. The summed E-state index contributed by atoms with van der Waals surface area (Å²) in [7, 11) is 0. The average molecular weight is 139 g/mol. The van der Waals surface area contributed by atoms with E-state index in [0.717, 1.165) is 0 Å². The number of alkyl halides is 1. The lowest BCUT2D eigenvalue weighted by Crippen LogP contribution is -2.27. The first-order valence-corrected chi connectivity index (χ1v) is 2.54. The third-order valence-electron chi connectivity index (χ3n) is 0.688. The Balaban J connectivity index is 3.64. The molecule has 0 aromatic rings. The highest BCUT2D eigenvalue weighted by Crippen LogP contribution is 1.99. The van der Waals surface area contributed by atoms with Crippen LogP contribution in [0.5, 0.6) is 0 Å². The van der Waals surface area contributed by atoms with Gasteiger partial charge in [0.15, 0.2) is 6.10 Å². The lowest BCUT2D eigenvalue weighted by Gasteiger charge is -2.04. The molecule has 0 radical (unpaired) electrons. The fraction of sp³-hybridized carbons (Fsp3) is 0.750. The molecule has 0 saturated heterocycles. The minimum Gasteiger partial charge on any atom is -0.479 e. The summed E-state index contributed by atoms with van der Waals surface area (Å²) < 4.78 is 0. The van der Waals surface area contributed by atoms with Crippen molar-refractivity contribution in [2.24, 2.45) is 0 Å². The Morgan fingerprint density at radius 3 is 2.12 bits per heavy atom. The van der Waals surface area contributed by atoms with Crippen LogP contribution in [0.1, 0.15) is 6.92 Å².